The first kappa shape index (κ1) is 16.0. The second kappa shape index (κ2) is 7.08. The van der Waals surface area contributed by atoms with Crippen LogP contribution in [0.5, 0.6) is 0 Å². The molecule has 2 aromatic rings. The zero-order chi connectivity index (χ0) is 16.1. The molecule has 1 aromatic heterocycles. The Morgan fingerprint density at radius 1 is 1.36 bits per heavy atom. The number of esters is 1. The summed E-state index contributed by atoms with van der Waals surface area (Å²) >= 11 is 1.07. The van der Waals surface area contributed by atoms with Crippen LogP contribution < -0.4 is 11.3 Å². The van der Waals surface area contributed by atoms with Crippen molar-refractivity contribution in [3.05, 3.63) is 34.6 Å². The van der Waals surface area contributed by atoms with Gasteiger partial charge < -0.3 is 10.5 Å². The Hall–Kier alpha value is -2.35. The first-order valence-corrected chi connectivity index (χ1v) is 7.49. The van der Waals surface area contributed by atoms with Crippen LogP contribution in [0.3, 0.4) is 0 Å². The summed E-state index contributed by atoms with van der Waals surface area (Å²) in [6.07, 6.45) is 0.0422. The third-order valence-electron chi connectivity index (χ3n) is 2.94. The maximum atomic E-state index is 12.5. The summed E-state index contributed by atoms with van der Waals surface area (Å²) < 4.78 is 5.95. The van der Waals surface area contributed by atoms with Crippen LogP contribution in [0.4, 0.5) is 0 Å². The second-order valence-electron chi connectivity index (χ2n) is 4.45. The fourth-order valence-corrected chi connectivity index (χ4v) is 2.66. The van der Waals surface area contributed by atoms with Gasteiger partial charge in [0.15, 0.2) is 5.16 Å². The maximum Gasteiger partial charge on any atom is 0.307 e. The Bertz CT molecular complexity index is 772. The number of hydrogen-bond donors (Lipinski definition) is 1. The molecule has 2 rings (SSSR count). The average molecular weight is 321 g/mol. The molecule has 0 saturated heterocycles. The molecule has 0 atom stereocenters. The van der Waals surface area contributed by atoms with Crippen LogP contribution in [0.25, 0.3) is 10.9 Å². The third-order valence-corrected chi connectivity index (χ3v) is 3.94. The summed E-state index contributed by atoms with van der Waals surface area (Å²) in [6.45, 7) is 0.129. The van der Waals surface area contributed by atoms with E-state index in [-0.39, 0.29) is 24.3 Å². The quantitative estimate of drug-likeness (QED) is 0.473. The Morgan fingerprint density at radius 3 is 2.77 bits per heavy atom. The zero-order valence-corrected chi connectivity index (χ0v) is 12.8. The monoisotopic (exact) mass is 321 g/mol. The molecule has 116 valence electrons. The van der Waals surface area contributed by atoms with Crippen LogP contribution in [0, 0.1) is 0 Å². The number of rotatable bonds is 6. The minimum atomic E-state index is -0.507. The molecule has 0 bridgehead atoms. The average Bonchev–Trinajstić information content (AvgIpc) is 2.51. The number of ether oxygens (including phenoxy) is 1. The number of aromatic nitrogens is 2. The van der Waals surface area contributed by atoms with Gasteiger partial charge in [0.2, 0.25) is 5.91 Å². The van der Waals surface area contributed by atoms with Crippen molar-refractivity contribution in [1.29, 1.82) is 0 Å². The molecule has 0 radical (unpaired) electrons. The lowest BCUT2D eigenvalue weighted by Gasteiger charge is -2.12. The van der Waals surface area contributed by atoms with Crippen molar-refractivity contribution in [2.24, 2.45) is 5.73 Å². The number of para-hydroxylation sites is 1. The zero-order valence-electron chi connectivity index (χ0n) is 11.9. The number of hydrogen-bond acceptors (Lipinski definition) is 6. The van der Waals surface area contributed by atoms with Crippen molar-refractivity contribution in [3.63, 3.8) is 0 Å². The predicted octanol–water partition coefficient (Wildman–Crippen LogP) is 0.537. The molecule has 1 amide bonds. The number of carbonyl (C=O) groups excluding carboxylic acids is 2. The molecule has 1 aromatic carbocycles. The van der Waals surface area contributed by atoms with Crippen molar-refractivity contribution in [1.82, 2.24) is 9.55 Å². The van der Waals surface area contributed by atoms with E-state index in [2.05, 4.69) is 9.72 Å². The molecule has 2 N–H and O–H groups in total. The van der Waals surface area contributed by atoms with Crippen LogP contribution in [-0.4, -0.2) is 34.3 Å². The normalized spacial score (nSPS) is 10.6. The predicted molar refractivity (Wildman–Crippen MR) is 82.6 cm³/mol. The van der Waals surface area contributed by atoms with E-state index in [1.54, 1.807) is 24.3 Å². The van der Waals surface area contributed by atoms with Crippen molar-refractivity contribution in [2.75, 3.05) is 12.9 Å². The van der Waals surface area contributed by atoms with Gasteiger partial charge in [-0.3, -0.25) is 19.0 Å². The van der Waals surface area contributed by atoms with Gasteiger partial charge in [-0.15, -0.1) is 0 Å². The molecule has 22 heavy (non-hydrogen) atoms. The molecule has 0 aliphatic rings. The van der Waals surface area contributed by atoms with Gasteiger partial charge in [-0.1, -0.05) is 23.9 Å². The Morgan fingerprint density at radius 2 is 2.09 bits per heavy atom. The maximum absolute atomic E-state index is 12.5. The van der Waals surface area contributed by atoms with Gasteiger partial charge in [-0.2, -0.15) is 0 Å². The van der Waals surface area contributed by atoms with Crippen LogP contribution in [0.1, 0.15) is 6.42 Å². The standard InChI is InChI=1S/C14H15N3O4S/c1-21-12(19)6-7-17-13(20)9-4-2-3-5-10(9)16-14(17)22-8-11(15)18/h2-5H,6-8H2,1H3,(H2,15,18). The van der Waals surface area contributed by atoms with Crippen molar-refractivity contribution >= 4 is 34.5 Å². The molecule has 7 nitrogen and oxygen atoms in total. The molecule has 0 spiro atoms. The fourth-order valence-electron chi connectivity index (χ4n) is 1.90. The van der Waals surface area contributed by atoms with Gasteiger partial charge in [0.05, 0.1) is 30.2 Å². The summed E-state index contributed by atoms with van der Waals surface area (Å²) in [4.78, 5) is 39.2. The molecule has 0 saturated carbocycles. The minimum absolute atomic E-state index is 0.00298. The van der Waals surface area contributed by atoms with Gasteiger partial charge in [0.25, 0.3) is 5.56 Å². The number of methoxy groups -OCH3 is 1. The highest BCUT2D eigenvalue weighted by atomic mass is 32.2. The van der Waals surface area contributed by atoms with E-state index >= 15 is 0 Å². The SMILES string of the molecule is COC(=O)CCn1c(SCC(N)=O)nc2ccccc2c1=O. The number of carbonyl (C=O) groups is 2. The van der Waals surface area contributed by atoms with E-state index in [1.165, 1.54) is 11.7 Å². The molecular weight excluding hydrogens is 306 g/mol. The third kappa shape index (κ3) is 3.64. The largest absolute Gasteiger partial charge is 0.469 e. The van der Waals surface area contributed by atoms with E-state index in [0.717, 1.165) is 11.8 Å². The van der Waals surface area contributed by atoms with Crippen LogP contribution in [0.15, 0.2) is 34.2 Å². The van der Waals surface area contributed by atoms with Crippen molar-refractivity contribution in [3.8, 4) is 0 Å². The highest BCUT2D eigenvalue weighted by molar-refractivity contribution is 7.99. The van der Waals surface area contributed by atoms with E-state index in [4.69, 9.17) is 5.73 Å². The molecular formula is C14H15N3O4S. The summed E-state index contributed by atoms with van der Waals surface area (Å²) in [5, 5.41) is 0.808. The minimum Gasteiger partial charge on any atom is -0.469 e. The van der Waals surface area contributed by atoms with E-state index in [1.807, 2.05) is 0 Å². The lowest BCUT2D eigenvalue weighted by Crippen LogP contribution is -2.25. The number of thioether (sulfide) groups is 1. The number of primary amides is 1. The Labute approximate surface area is 130 Å². The molecule has 1 heterocycles. The second-order valence-corrected chi connectivity index (χ2v) is 5.39. The number of fused-ring (bicyclic) bond motifs is 1. The lowest BCUT2D eigenvalue weighted by molar-refractivity contribution is -0.140. The van der Waals surface area contributed by atoms with Crippen molar-refractivity contribution in [2.45, 2.75) is 18.1 Å². The number of nitrogens with two attached hydrogens (primary N) is 1. The number of benzene rings is 1. The van der Waals surface area contributed by atoms with E-state index < -0.39 is 11.9 Å². The van der Waals surface area contributed by atoms with Gasteiger partial charge in [-0.25, -0.2) is 4.98 Å². The van der Waals surface area contributed by atoms with Gasteiger partial charge in [0, 0.05) is 6.54 Å². The van der Waals surface area contributed by atoms with Gasteiger partial charge in [0.1, 0.15) is 0 Å². The van der Waals surface area contributed by atoms with E-state index in [0.29, 0.717) is 16.1 Å². The number of nitrogens with zero attached hydrogens (tertiary/aromatic N) is 2. The van der Waals surface area contributed by atoms with Crippen molar-refractivity contribution < 1.29 is 14.3 Å². The van der Waals surface area contributed by atoms with E-state index in [9.17, 15) is 14.4 Å². The smallest absolute Gasteiger partial charge is 0.307 e. The lowest BCUT2D eigenvalue weighted by atomic mass is 10.2. The molecule has 0 aliphatic carbocycles. The Kier molecular flexibility index (Phi) is 5.16. The van der Waals surface area contributed by atoms with Crippen LogP contribution in [-0.2, 0) is 20.9 Å². The summed E-state index contributed by atoms with van der Waals surface area (Å²) in [6, 6.07) is 6.90. The summed E-state index contributed by atoms with van der Waals surface area (Å²) in [5.41, 5.74) is 5.41. The molecule has 0 aliphatic heterocycles. The highest BCUT2D eigenvalue weighted by Crippen LogP contribution is 2.17. The Balaban J connectivity index is 2.45. The first-order chi connectivity index (χ1) is 10.5. The fraction of sp³-hybridized carbons (Fsp3) is 0.286. The highest BCUT2D eigenvalue weighted by Gasteiger charge is 2.13. The summed E-state index contributed by atoms with van der Waals surface area (Å²) in [7, 11) is 1.28. The topological polar surface area (TPSA) is 104 Å². The first-order valence-electron chi connectivity index (χ1n) is 6.50. The molecule has 8 heteroatoms. The van der Waals surface area contributed by atoms with Crippen LogP contribution >= 0.6 is 11.8 Å². The van der Waals surface area contributed by atoms with Gasteiger partial charge >= 0.3 is 5.97 Å². The van der Waals surface area contributed by atoms with Crippen LogP contribution in [0.2, 0.25) is 0 Å². The number of amides is 1. The van der Waals surface area contributed by atoms with Gasteiger partial charge in [-0.05, 0) is 12.1 Å². The molecule has 0 unspecified atom stereocenters. The molecule has 0 fully saturated rings. The summed E-state index contributed by atoms with van der Waals surface area (Å²) in [5.74, 6) is -0.930.